The minimum Gasteiger partial charge on any atom is -0.494 e. The molecule has 2 nitrogen and oxygen atoms in total. The van der Waals surface area contributed by atoms with E-state index in [1.54, 1.807) is 0 Å². The van der Waals surface area contributed by atoms with E-state index < -0.39 is 12.1 Å². The third-order valence-corrected chi connectivity index (χ3v) is 4.27. The van der Waals surface area contributed by atoms with Crippen LogP contribution in [0.25, 0.3) is 0 Å². The van der Waals surface area contributed by atoms with Crippen LogP contribution in [0.1, 0.15) is 25.3 Å². The highest BCUT2D eigenvalue weighted by atomic mass is 79.9. The van der Waals surface area contributed by atoms with Crippen LogP contribution >= 0.6 is 15.9 Å². The molecular weight excluding hydrogens is 347 g/mol. The smallest absolute Gasteiger partial charge is 0.391 e. The van der Waals surface area contributed by atoms with Crippen molar-refractivity contribution >= 4 is 15.9 Å². The summed E-state index contributed by atoms with van der Waals surface area (Å²) in [5.74, 6) is -0.352. The van der Waals surface area contributed by atoms with E-state index in [1.807, 2.05) is 25.1 Å². The van der Waals surface area contributed by atoms with Gasteiger partial charge in [-0.1, -0.05) is 22.0 Å². The molecule has 1 aliphatic heterocycles. The fourth-order valence-corrected chi connectivity index (χ4v) is 2.95. The van der Waals surface area contributed by atoms with Crippen molar-refractivity contribution in [2.75, 3.05) is 19.7 Å². The Morgan fingerprint density at radius 2 is 1.95 bits per heavy atom. The average molecular weight is 366 g/mol. The Hall–Kier alpha value is -0.750. The van der Waals surface area contributed by atoms with Gasteiger partial charge >= 0.3 is 6.18 Å². The van der Waals surface area contributed by atoms with E-state index >= 15 is 0 Å². The van der Waals surface area contributed by atoms with Gasteiger partial charge < -0.3 is 4.74 Å². The normalized spacial score (nSPS) is 18.0. The van der Waals surface area contributed by atoms with E-state index in [-0.39, 0.29) is 12.8 Å². The molecule has 2 rings (SSSR count). The lowest BCUT2D eigenvalue weighted by atomic mass is 9.96. The molecule has 6 heteroatoms. The molecule has 0 N–H and O–H groups in total. The van der Waals surface area contributed by atoms with Crippen LogP contribution in [-0.2, 0) is 6.54 Å². The molecule has 1 fully saturated rings. The highest BCUT2D eigenvalue weighted by molar-refractivity contribution is 9.10. The molecule has 0 saturated carbocycles. The summed E-state index contributed by atoms with van der Waals surface area (Å²) in [5.41, 5.74) is 1.02. The van der Waals surface area contributed by atoms with E-state index in [1.165, 1.54) is 0 Å². The molecule has 0 radical (unpaired) electrons. The van der Waals surface area contributed by atoms with Gasteiger partial charge in [0.15, 0.2) is 0 Å². The SMILES string of the molecule is CCOc1cc(Br)ccc1CN1CCC(C(F)(F)F)CC1. The summed E-state index contributed by atoms with van der Waals surface area (Å²) >= 11 is 3.40. The standard InChI is InChI=1S/C15H19BrF3NO/c1-2-21-14-9-13(16)4-3-11(14)10-20-7-5-12(6-8-20)15(17,18)19/h3-4,9,12H,2,5-8,10H2,1H3. The topological polar surface area (TPSA) is 12.5 Å². The summed E-state index contributed by atoms with van der Waals surface area (Å²) in [5, 5.41) is 0. The van der Waals surface area contributed by atoms with Crippen LogP contribution in [-0.4, -0.2) is 30.8 Å². The first kappa shape index (κ1) is 16.6. The van der Waals surface area contributed by atoms with Gasteiger partial charge in [-0.25, -0.2) is 0 Å². The number of rotatable bonds is 4. The van der Waals surface area contributed by atoms with Gasteiger partial charge in [0.05, 0.1) is 12.5 Å². The van der Waals surface area contributed by atoms with Crippen LogP contribution < -0.4 is 4.74 Å². The zero-order valence-corrected chi connectivity index (χ0v) is 13.5. The van der Waals surface area contributed by atoms with Crippen molar-refractivity contribution in [1.82, 2.24) is 4.90 Å². The van der Waals surface area contributed by atoms with E-state index in [2.05, 4.69) is 20.8 Å². The minimum absolute atomic E-state index is 0.185. The van der Waals surface area contributed by atoms with Gasteiger partial charge in [-0.2, -0.15) is 13.2 Å². The molecular formula is C15H19BrF3NO. The second-order valence-corrected chi connectivity index (χ2v) is 6.19. The quantitative estimate of drug-likeness (QED) is 0.771. The third-order valence-electron chi connectivity index (χ3n) is 3.77. The molecule has 0 aliphatic carbocycles. The molecule has 1 saturated heterocycles. The first-order chi connectivity index (χ1) is 9.90. The molecule has 0 spiro atoms. The number of nitrogens with zero attached hydrogens (tertiary/aromatic N) is 1. The van der Waals surface area contributed by atoms with Crippen LogP contribution in [0.3, 0.4) is 0 Å². The molecule has 0 aromatic heterocycles. The maximum Gasteiger partial charge on any atom is 0.391 e. The van der Waals surface area contributed by atoms with E-state index in [0.29, 0.717) is 26.2 Å². The van der Waals surface area contributed by atoms with Gasteiger partial charge in [-0.3, -0.25) is 4.90 Å². The predicted octanol–water partition coefficient (Wildman–Crippen LogP) is 4.62. The molecule has 1 aliphatic rings. The van der Waals surface area contributed by atoms with Gasteiger partial charge in [-0.15, -0.1) is 0 Å². The molecule has 0 unspecified atom stereocenters. The van der Waals surface area contributed by atoms with Gasteiger partial charge in [0.2, 0.25) is 0 Å². The van der Waals surface area contributed by atoms with Crippen molar-refractivity contribution in [2.24, 2.45) is 5.92 Å². The van der Waals surface area contributed by atoms with Gasteiger partial charge in [0, 0.05) is 16.6 Å². The summed E-state index contributed by atoms with van der Waals surface area (Å²) in [6.07, 6.45) is -3.69. The van der Waals surface area contributed by atoms with Gasteiger partial charge in [0.25, 0.3) is 0 Å². The van der Waals surface area contributed by atoms with Crippen molar-refractivity contribution in [3.05, 3.63) is 28.2 Å². The number of benzene rings is 1. The highest BCUT2D eigenvalue weighted by Gasteiger charge is 2.40. The Morgan fingerprint density at radius 3 is 2.52 bits per heavy atom. The Labute approximate surface area is 131 Å². The van der Waals surface area contributed by atoms with Crippen molar-refractivity contribution < 1.29 is 17.9 Å². The Kier molecular flexibility index (Phi) is 5.54. The second-order valence-electron chi connectivity index (χ2n) is 5.28. The molecule has 1 heterocycles. The maximum absolute atomic E-state index is 12.7. The summed E-state index contributed by atoms with van der Waals surface area (Å²) in [6.45, 7) is 4.07. The number of ether oxygens (including phenoxy) is 1. The summed E-state index contributed by atoms with van der Waals surface area (Å²) in [7, 11) is 0. The van der Waals surface area contributed by atoms with Crippen molar-refractivity contribution in [3.63, 3.8) is 0 Å². The first-order valence-electron chi connectivity index (χ1n) is 7.10. The molecule has 1 aromatic carbocycles. The monoisotopic (exact) mass is 365 g/mol. The summed E-state index contributed by atoms with van der Waals surface area (Å²) in [6, 6.07) is 5.80. The van der Waals surface area contributed by atoms with Crippen LogP contribution in [0.5, 0.6) is 5.75 Å². The second kappa shape index (κ2) is 7.01. The number of piperidine rings is 1. The van der Waals surface area contributed by atoms with Crippen LogP contribution in [0.2, 0.25) is 0 Å². The van der Waals surface area contributed by atoms with Crippen LogP contribution in [0.15, 0.2) is 22.7 Å². The fraction of sp³-hybridized carbons (Fsp3) is 0.600. The zero-order valence-electron chi connectivity index (χ0n) is 11.9. The molecule has 0 amide bonds. The number of halogens is 4. The maximum atomic E-state index is 12.7. The Bertz CT molecular complexity index is 470. The average Bonchev–Trinajstić information content (AvgIpc) is 2.42. The minimum atomic E-state index is -4.06. The van der Waals surface area contributed by atoms with Gasteiger partial charge in [0.1, 0.15) is 5.75 Å². The number of likely N-dealkylation sites (tertiary alicyclic amines) is 1. The number of hydrogen-bond donors (Lipinski definition) is 0. The van der Waals surface area contributed by atoms with E-state index in [4.69, 9.17) is 4.74 Å². The lowest BCUT2D eigenvalue weighted by molar-refractivity contribution is -0.185. The van der Waals surface area contributed by atoms with E-state index in [0.717, 1.165) is 15.8 Å². The van der Waals surface area contributed by atoms with E-state index in [9.17, 15) is 13.2 Å². The zero-order chi connectivity index (χ0) is 15.5. The number of alkyl halides is 3. The lowest BCUT2D eigenvalue weighted by Gasteiger charge is -2.33. The first-order valence-corrected chi connectivity index (χ1v) is 7.89. The Balaban J connectivity index is 1.97. The van der Waals surface area contributed by atoms with Crippen molar-refractivity contribution in [2.45, 2.75) is 32.5 Å². The van der Waals surface area contributed by atoms with Crippen molar-refractivity contribution in [3.8, 4) is 5.75 Å². The molecule has 0 bridgehead atoms. The lowest BCUT2D eigenvalue weighted by Crippen LogP contribution is -2.38. The predicted molar refractivity (Wildman–Crippen MR) is 79.4 cm³/mol. The summed E-state index contributed by atoms with van der Waals surface area (Å²) in [4.78, 5) is 2.06. The largest absolute Gasteiger partial charge is 0.494 e. The molecule has 0 atom stereocenters. The molecule has 21 heavy (non-hydrogen) atoms. The summed E-state index contributed by atoms with van der Waals surface area (Å²) < 4.78 is 44.5. The molecule has 1 aromatic rings. The number of hydrogen-bond acceptors (Lipinski definition) is 2. The van der Waals surface area contributed by atoms with Crippen LogP contribution in [0.4, 0.5) is 13.2 Å². The van der Waals surface area contributed by atoms with Gasteiger partial charge in [-0.05, 0) is 45.0 Å². The third kappa shape index (κ3) is 4.61. The molecule has 118 valence electrons. The van der Waals surface area contributed by atoms with Crippen LogP contribution in [0, 0.1) is 5.92 Å². The van der Waals surface area contributed by atoms with Crippen molar-refractivity contribution in [1.29, 1.82) is 0 Å². The Morgan fingerprint density at radius 1 is 1.29 bits per heavy atom. The fourth-order valence-electron chi connectivity index (χ4n) is 2.61. The highest BCUT2D eigenvalue weighted by Crippen LogP contribution is 2.35.